The van der Waals surface area contributed by atoms with Gasteiger partial charge < -0.3 is 14.7 Å². The molecule has 9 heteroatoms. The van der Waals surface area contributed by atoms with Crippen LogP contribution in [0.15, 0.2) is 30.9 Å². The maximum atomic E-state index is 12.4. The number of aromatic hydroxyl groups is 1. The zero-order valence-electron chi connectivity index (χ0n) is 18.8. The molecule has 1 N–H and O–H groups in total. The van der Waals surface area contributed by atoms with E-state index in [2.05, 4.69) is 10.2 Å². The topological polar surface area (TPSA) is 109 Å². The second kappa shape index (κ2) is 8.19. The number of nitrogens with zero attached hydrogens (tertiary/aromatic N) is 6. The Hall–Kier alpha value is -3.54. The highest BCUT2D eigenvalue weighted by Gasteiger charge is 2.30. The molecule has 32 heavy (non-hydrogen) atoms. The maximum Gasteiger partial charge on any atom is 0.410 e. The number of hydrogen-bond donors (Lipinski definition) is 1. The molecule has 0 bridgehead atoms. The molecule has 1 aliphatic carbocycles. The van der Waals surface area contributed by atoms with Crippen molar-refractivity contribution in [1.82, 2.24) is 24.3 Å². The van der Waals surface area contributed by atoms with Gasteiger partial charge in [-0.2, -0.15) is 15.5 Å². The smallest absolute Gasteiger partial charge is 0.410 e. The molecule has 0 atom stereocenters. The summed E-state index contributed by atoms with van der Waals surface area (Å²) in [7, 11) is 1.81. The van der Waals surface area contributed by atoms with Gasteiger partial charge in [0.15, 0.2) is 0 Å². The van der Waals surface area contributed by atoms with Crippen molar-refractivity contribution in [2.75, 3.05) is 7.05 Å². The summed E-state index contributed by atoms with van der Waals surface area (Å²) in [5.74, 6) is 0.00925. The highest BCUT2D eigenvalue weighted by molar-refractivity contribution is 5.74. The number of fused-ring (bicyclic) bond motifs is 1. The summed E-state index contributed by atoms with van der Waals surface area (Å²) in [4.78, 5) is 14.1. The second-order valence-corrected chi connectivity index (χ2v) is 9.34. The van der Waals surface area contributed by atoms with Gasteiger partial charge in [0, 0.05) is 36.6 Å². The SMILES string of the molecule is CN(C(=O)OC(C)(C)C)C1CCC(n2cc(-c3cc(O)c4c(C#N)cnn4c3)cn2)CC1. The average molecular weight is 437 g/mol. The minimum Gasteiger partial charge on any atom is -0.506 e. The molecule has 0 unspecified atom stereocenters. The van der Waals surface area contributed by atoms with Crippen molar-refractivity contribution >= 4 is 11.6 Å². The Morgan fingerprint density at radius 3 is 2.56 bits per heavy atom. The summed E-state index contributed by atoms with van der Waals surface area (Å²) in [5.41, 5.74) is 1.86. The average Bonchev–Trinajstić information content (AvgIpc) is 3.39. The van der Waals surface area contributed by atoms with E-state index in [1.54, 1.807) is 30.4 Å². The van der Waals surface area contributed by atoms with Gasteiger partial charge in [-0.25, -0.2) is 9.31 Å². The molecule has 0 spiro atoms. The highest BCUT2D eigenvalue weighted by atomic mass is 16.6. The fourth-order valence-electron chi connectivity index (χ4n) is 4.22. The van der Waals surface area contributed by atoms with Crippen molar-refractivity contribution in [2.45, 2.75) is 64.1 Å². The van der Waals surface area contributed by atoms with Gasteiger partial charge in [0.2, 0.25) is 0 Å². The van der Waals surface area contributed by atoms with Crippen LogP contribution in [0.5, 0.6) is 5.75 Å². The van der Waals surface area contributed by atoms with Crippen LogP contribution >= 0.6 is 0 Å². The molecule has 3 aromatic heterocycles. The van der Waals surface area contributed by atoms with E-state index in [0.29, 0.717) is 11.1 Å². The van der Waals surface area contributed by atoms with E-state index in [9.17, 15) is 9.90 Å². The van der Waals surface area contributed by atoms with Crippen LogP contribution in [-0.4, -0.2) is 54.2 Å². The third-order valence-electron chi connectivity index (χ3n) is 5.92. The summed E-state index contributed by atoms with van der Waals surface area (Å²) < 4.78 is 8.96. The molecule has 1 saturated carbocycles. The van der Waals surface area contributed by atoms with Crippen LogP contribution < -0.4 is 0 Å². The van der Waals surface area contributed by atoms with Gasteiger partial charge >= 0.3 is 6.09 Å². The fraction of sp³-hybridized carbons (Fsp3) is 0.478. The molecule has 0 aromatic carbocycles. The number of carbonyl (C=O) groups is 1. The Bertz CT molecular complexity index is 1170. The minimum atomic E-state index is -0.502. The lowest BCUT2D eigenvalue weighted by Crippen LogP contribution is -2.42. The highest BCUT2D eigenvalue weighted by Crippen LogP contribution is 2.33. The molecule has 3 heterocycles. The van der Waals surface area contributed by atoms with Crippen molar-refractivity contribution in [1.29, 1.82) is 5.26 Å². The van der Waals surface area contributed by atoms with E-state index in [-0.39, 0.29) is 23.9 Å². The van der Waals surface area contributed by atoms with Crippen LogP contribution in [0.2, 0.25) is 0 Å². The molecule has 1 fully saturated rings. The first-order valence-electron chi connectivity index (χ1n) is 10.8. The predicted molar refractivity (Wildman–Crippen MR) is 118 cm³/mol. The molecule has 3 aromatic rings. The number of ether oxygens (including phenoxy) is 1. The number of pyridine rings is 1. The van der Waals surface area contributed by atoms with Gasteiger partial charge in [-0.3, -0.25) is 4.68 Å². The molecule has 0 saturated heterocycles. The van der Waals surface area contributed by atoms with Gasteiger partial charge in [-0.15, -0.1) is 0 Å². The Kier molecular flexibility index (Phi) is 5.55. The van der Waals surface area contributed by atoms with Crippen LogP contribution in [0.4, 0.5) is 4.79 Å². The summed E-state index contributed by atoms with van der Waals surface area (Å²) in [6, 6.07) is 4.07. The molecular formula is C23H28N6O3. The first-order valence-corrected chi connectivity index (χ1v) is 10.8. The Labute approximate surface area is 186 Å². The van der Waals surface area contributed by atoms with Crippen molar-refractivity contribution in [2.24, 2.45) is 0 Å². The van der Waals surface area contributed by atoms with E-state index in [1.807, 2.05) is 37.7 Å². The predicted octanol–water partition coefficient (Wildman–Crippen LogP) is 4.13. The first kappa shape index (κ1) is 21.7. The van der Waals surface area contributed by atoms with Gasteiger partial charge in [0.1, 0.15) is 28.5 Å². The van der Waals surface area contributed by atoms with Crippen molar-refractivity contribution in [3.05, 3.63) is 36.4 Å². The van der Waals surface area contributed by atoms with Crippen LogP contribution in [0.25, 0.3) is 16.6 Å². The standard InChI is InChI=1S/C23H28N6O3/c1-23(2,3)32-22(31)27(4)18-5-7-19(8-6-18)28-14-17(12-25-28)15-9-20(30)21-16(10-24)11-26-29(21)13-15/h9,11-14,18-19,30H,5-8H2,1-4H3. The van der Waals surface area contributed by atoms with Gasteiger partial charge in [0.25, 0.3) is 0 Å². The molecule has 0 radical (unpaired) electrons. The summed E-state index contributed by atoms with van der Waals surface area (Å²) >= 11 is 0. The number of amides is 1. The third-order valence-corrected chi connectivity index (χ3v) is 5.92. The van der Waals surface area contributed by atoms with Crippen LogP contribution in [0, 0.1) is 11.3 Å². The fourth-order valence-corrected chi connectivity index (χ4v) is 4.22. The van der Waals surface area contributed by atoms with Crippen LogP contribution in [-0.2, 0) is 4.74 Å². The second-order valence-electron chi connectivity index (χ2n) is 9.34. The molecular weight excluding hydrogens is 408 g/mol. The van der Waals surface area contributed by atoms with Crippen molar-refractivity contribution < 1.29 is 14.6 Å². The number of nitriles is 1. The molecule has 4 rings (SSSR count). The Morgan fingerprint density at radius 2 is 1.91 bits per heavy atom. The number of aromatic nitrogens is 4. The molecule has 1 aliphatic rings. The van der Waals surface area contributed by atoms with Crippen LogP contribution in [0.1, 0.15) is 58.1 Å². The van der Waals surface area contributed by atoms with Gasteiger partial charge in [-0.05, 0) is 52.5 Å². The molecule has 168 valence electrons. The Balaban J connectivity index is 1.44. The third kappa shape index (κ3) is 4.26. The van der Waals surface area contributed by atoms with Crippen molar-refractivity contribution in [3.63, 3.8) is 0 Å². The first-order chi connectivity index (χ1) is 15.2. The van der Waals surface area contributed by atoms with Crippen LogP contribution in [0.3, 0.4) is 0 Å². The zero-order valence-corrected chi connectivity index (χ0v) is 18.8. The summed E-state index contributed by atoms with van der Waals surface area (Å²) in [6.45, 7) is 5.62. The number of hydrogen-bond acceptors (Lipinski definition) is 6. The zero-order chi connectivity index (χ0) is 23.0. The van der Waals surface area contributed by atoms with E-state index in [4.69, 9.17) is 10.00 Å². The van der Waals surface area contributed by atoms with E-state index < -0.39 is 5.60 Å². The van der Waals surface area contributed by atoms with Gasteiger partial charge in [-0.1, -0.05) is 0 Å². The van der Waals surface area contributed by atoms with Crippen molar-refractivity contribution in [3.8, 4) is 22.9 Å². The van der Waals surface area contributed by atoms with E-state index in [1.165, 1.54) is 10.7 Å². The lowest BCUT2D eigenvalue weighted by Gasteiger charge is -2.35. The maximum absolute atomic E-state index is 12.4. The quantitative estimate of drug-likeness (QED) is 0.661. The minimum absolute atomic E-state index is 0.00925. The largest absolute Gasteiger partial charge is 0.506 e. The monoisotopic (exact) mass is 436 g/mol. The lowest BCUT2D eigenvalue weighted by molar-refractivity contribution is 0.0173. The number of rotatable bonds is 3. The lowest BCUT2D eigenvalue weighted by atomic mass is 9.90. The summed E-state index contributed by atoms with van der Waals surface area (Å²) in [6.07, 6.45) is 10.3. The number of carbonyl (C=O) groups excluding carboxylic acids is 1. The molecule has 1 amide bonds. The molecule has 9 nitrogen and oxygen atoms in total. The summed E-state index contributed by atoms with van der Waals surface area (Å²) in [5, 5.41) is 28.3. The molecule has 0 aliphatic heterocycles. The Morgan fingerprint density at radius 1 is 1.19 bits per heavy atom. The van der Waals surface area contributed by atoms with E-state index >= 15 is 0 Å². The normalized spacial score (nSPS) is 19.0. The van der Waals surface area contributed by atoms with E-state index in [0.717, 1.165) is 36.8 Å². The van der Waals surface area contributed by atoms with Gasteiger partial charge in [0.05, 0.1) is 18.4 Å².